The molecule has 3 amide bonds. The molecule has 1 fully saturated rings. The number of rotatable bonds is 7. The minimum absolute atomic E-state index is 0.0324. The summed E-state index contributed by atoms with van der Waals surface area (Å²) in [6.07, 6.45) is 6.83. The van der Waals surface area contributed by atoms with E-state index in [2.05, 4.69) is 14.7 Å². The van der Waals surface area contributed by atoms with E-state index in [9.17, 15) is 14.4 Å². The predicted molar refractivity (Wildman–Crippen MR) is 154 cm³/mol. The summed E-state index contributed by atoms with van der Waals surface area (Å²) in [6, 6.07) is 12.4. The summed E-state index contributed by atoms with van der Waals surface area (Å²) in [4.78, 5) is 45.3. The molecule has 2 aromatic carbocycles. The number of hydrogen-bond donors (Lipinski definition) is 4. The SMILES string of the molecule is Cc1ccc(N(C(=O)c2snc(C(N)=O)c2N)C(C(=O)NC2CCCCC2)c2c[nH]c3ccccc23)c(C)c1. The lowest BCUT2D eigenvalue weighted by molar-refractivity contribution is -0.123. The lowest BCUT2D eigenvalue weighted by Gasteiger charge is -2.34. The summed E-state index contributed by atoms with van der Waals surface area (Å²) in [7, 11) is 0. The van der Waals surface area contributed by atoms with Crippen molar-refractivity contribution in [2.75, 3.05) is 10.6 Å². The highest BCUT2D eigenvalue weighted by atomic mass is 32.1. The second-order valence-electron chi connectivity index (χ2n) is 10.1. The minimum Gasteiger partial charge on any atom is -0.395 e. The molecule has 2 aromatic heterocycles. The first kappa shape index (κ1) is 26.4. The molecular formula is C29H32N6O3S. The molecule has 39 heavy (non-hydrogen) atoms. The number of aromatic nitrogens is 2. The average Bonchev–Trinajstić information content (AvgIpc) is 3.51. The van der Waals surface area contributed by atoms with Gasteiger partial charge in [-0.25, -0.2) is 0 Å². The van der Waals surface area contributed by atoms with Crippen LogP contribution in [0.1, 0.15) is 75.0 Å². The molecule has 202 valence electrons. The highest BCUT2D eigenvalue weighted by molar-refractivity contribution is 7.09. The van der Waals surface area contributed by atoms with Crippen LogP contribution in [-0.2, 0) is 4.79 Å². The Bertz CT molecular complexity index is 1550. The number of nitrogen functional groups attached to an aromatic ring is 1. The number of aromatic amines is 1. The first-order chi connectivity index (χ1) is 18.8. The largest absolute Gasteiger partial charge is 0.395 e. The zero-order valence-electron chi connectivity index (χ0n) is 22.0. The maximum atomic E-state index is 14.4. The number of hydrogen-bond acceptors (Lipinski definition) is 6. The number of para-hydroxylation sites is 1. The quantitative estimate of drug-likeness (QED) is 0.265. The van der Waals surface area contributed by atoms with Crippen LogP contribution in [0.25, 0.3) is 10.9 Å². The number of aryl methyl sites for hydroxylation is 2. The number of nitrogens with one attached hydrogen (secondary N) is 2. The number of benzene rings is 2. The predicted octanol–water partition coefficient (Wildman–Crippen LogP) is 4.76. The average molecular weight is 545 g/mol. The van der Waals surface area contributed by atoms with Crippen molar-refractivity contribution < 1.29 is 14.4 Å². The second kappa shape index (κ2) is 10.9. The Balaban J connectivity index is 1.70. The molecule has 1 atom stereocenters. The van der Waals surface area contributed by atoms with Gasteiger partial charge in [-0.05, 0) is 55.9 Å². The van der Waals surface area contributed by atoms with Crippen molar-refractivity contribution in [2.45, 2.75) is 58.0 Å². The Morgan fingerprint density at radius 3 is 2.54 bits per heavy atom. The van der Waals surface area contributed by atoms with E-state index in [-0.39, 0.29) is 28.2 Å². The normalized spacial score (nSPS) is 14.7. The van der Waals surface area contributed by atoms with Gasteiger partial charge in [-0.3, -0.25) is 19.3 Å². The number of carbonyl (C=O) groups is 3. The number of amides is 3. The van der Waals surface area contributed by atoms with E-state index in [0.717, 1.165) is 65.7 Å². The third-order valence-corrected chi connectivity index (χ3v) is 8.21. The number of carbonyl (C=O) groups excluding carboxylic acids is 3. The summed E-state index contributed by atoms with van der Waals surface area (Å²) in [5.41, 5.74) is 15.3. The number of primary amides is 1. The third kappa shape index (κ3) is 5.12. The van der Waals surface area contributed by atoms with Crippen LogP contribution in [0.4, 0.5) is 11.4 Å². The van der Waals surface area contributed by atoms with E-state index in [1.165, 1.54) is 4.90 Å². The number of H-pyrrole nitrogens is 1. The molecule has 0 saturated heterocycles. The van der Waals surface area contributed by atoms with Gasteiger partial charge < -0.3 is 21.8 Å². The first-order valence-corrected chi connectivity index (χ1v) is 13.9. The highest BCUT2D eigenvalue weighted by Gasteiger charge is 2.38. The van der Waals surface area contributed by atoms with Crippen molar-refractivity contribution in [3.63, 3.8) is 0 Å². The van der Waals surface area contributed by atoms with Crippen molar-refractivity contribution >= 4 is 51.5 Å². The van der Waals surface area contributed by atoms with Gasteiger partial charge in [-0.1, -0.05) is 55.2 Å². The van der Waals surface area contributed by atoms with Crippen LogP contribution in [0.2, 0.25) is 0 Å². The van der Waals surface area contributed by atoms with Gasteiger partial charge in [0.25, 0.3) is 11.8 Å². The van der Waals surface area contributed by atoms with E-state index in [4.69, 9.17) is 11.5 Å². The van der Waals surface area contributed by atoms with Gasteiger partial charge in [0, 0.05) is 34.4 Å². The van der Waals surface area contributed by atoms with Crippen LogP contribution in [0.3, 0.4) is 0 Å². The fourth-order valence-electron chi connectivity index (χ4n) is 5.42. The van der Waals surface area contributed by atoms with Crippen LogP contribution in [0, 0.1) is 13.8 Å². The van der Waals surface area contributed by atoms with Gasteiger partial charge >= 0.3 is 0 Å². The Hall–Kier alpha value is -4.18. The fraction of sp³-hybridized carbons (Fsp3) is 0.310. The van der Waals surface area contributed by atoms with Gasteiger partial charge in [0.2, 0.25) is 5.91 Å². The van der Waals surface area contributed by atoms with Crippen LogP contribution in [-0.4, -0.2) is 33.1 Å². The highest BCUT2D eigenvalue weighted by Crippen LogP contribution is 2.37. The van der Waals surface area contributed by atoms with Gasteiger partial charge in [-0.2, -0.15) is 4.37 Å². The molecule has 1 aliphatic carbocycles. The van der Waals surface area contributed by atoms with Crippen molar-refractivity contribution in [2.24, 2.45) is 5.73 Å². The number of nitrogens with two attached hydrogens (primary N) is 2. The molecule has 1 saturated carbocycles. The second-order valence-corrected chi connectivity index (χ2v) is 10.9. The monoisotopic (exact) mass is 544 g/mol. The van der Waals surface area contributed by atoms with E-state index < -0.39 is 17.9 Å². The van der Waals surface area contributed by atoms with Crippen LogP contribution in [0.15, 0.2) is 48.7 Å². The molecule has 2 heterocycles. The molecular weight excluding hydrogens is 512 g/mol. The van der Waals surface area contributed by atoms with Crippen LogP contribution in [0.5, 0.6) is 0 Å². The lowest BCUT2D eigenvalue weighted by Crippen LogP contribution is -2.47. The lowest BCUT2D eigenvalue weighted by atomic mass is 9.94. The summed E-state index contributed by atoms with van der Waals surface area (Å²) >= 11 is 0.804. The zero-order chi connectivity index (χ0) is 27.7. The Labute approximate surface area is 230 Å². The van der Waals surface area contributed by atoms with Crippen molar-refractivity contribution in [3.8, 4) is 0 Å². The topological polar surface area (TPSA) is 147 Å². The Kier molecular flexibility index (Phi) is 7.38. The van der Waals surface area contributed by atoms with Gasteiger partial charge in [0.15, 0.2) is 5.69 Å². The summed E-state index contributed by atoms with van der Waals surface area (Å²) in [5, 5.41) is 4.07. The molecule has 0 aliphatic heterocycles. The number of fused-ring (bicyclic) bond motifs is 1. The summed E-state index contributed by atoms with van der Waals surface area (Å²) < 4.78 is 4.05. The molecule has 0 bridgehead atoms. The molecule has 5 rings (SSSR count). The summed E-state index contributed by atoms with van der Waals surface area (Å²) in [5.74, 6) is -1.62. The maximum absolute atomic E-state index is 14.4. The number of nitrogens with zero attached hydrogens (tertiary/aromatic N) is 2. The van der Waals surface area contributed by atoms with Crippen molar-refractivity contribution in [1.29, 1.82) is 0 Å². The van der Waals surface area contributed by atoms with Crippen LogP contribution >= 0.6 is 11.5 Å². The van der Waals surface area contributed by atoms with Gasteiger partial charge in [-0.15, -0.1) is 0 Å². The van der Waals surface area contributed by atoms with E-state index in [1.54, 1.807) is 6.20 Å². The minimum atomic E-state index is -1.02. The van der Waals surface area contributed by atoms with Gasteiger partial charge in [0.05, 0.1) is 5.69 Å². The van der Waals surface area contributed by atoms with E-state index in [0.29, 0.717) is 11.3 Å². The van der Waals surface area contributed by atoms with E-state index >= 15 is 0 Å². The third-order valence-electron chi connectivity index (χ3n) is 7.36. The Morgan fingerprint density at radius 2 is 1.85 bits per heavy atom. The molecule has 9 nitrogen and oxygen atoms in total. The molecule has 1 unspecified atom stereocenters. The molecule has 10 heteroatoms. The molecule has 0 radical (unpaired) electrons. The molecule has 4 aromatic rings. The summed E-state index contributed by atoms with van der Waals surface area (Å²) in [6.45, 7) is 3.87. The Morgan fingerprint density at radius 1 is 1.10 bits per heavy atom. The molecule has 6 N–H and O–H groups in total. The molecule has 1 aliphatic rings. The van der Waals surface area contributed by atoms with Crippen molar-refractivity contribution in [1.82, 2.24) is 14.7 Å². The first-order valence-electron chi connectivity index (χ1n) is 13.1. The zero-order valence-corrected chi connectivity index (χ0v) is 22.8. The number of anilines is 2. The van der Waals surface area contributed by atoms with Gasteiger partial charge in [0.1, 0.15) is 10.9 Å². The smallest absolute Gasteiger partial charge is 0.273 e. The van der Waals surface area contributed by atoms with Crippen molar-refractivity contribution in [3.05, 3.63) is 75.9 Å². The van der Waals surface area contributed by atoms with E-state index in [1.807, 2.05) is 56.3 Å². The maximum Gasteiger partial charge on any atom is 0.273 e. The van der Waals surface area contributed by atoms with Crippen LogP contribution < -0.4 is 21.7 Å². The standard InChI is InChI=1S/C29H32N6O3S/c1-16-12-13-22(17(2)14-16)35(29(38)26-23(30)24(27(31)36)34-39-26)25(28(37)33-18-8-4-3-5-9-18)20-15-32-21-11-7-6-10-19(20)21/h6-7,10-15,18,25,32H,3-5,8-9,30H2,1-2H3,(H2,31,36)(H,33,37). The molecule has 0 spiro atoms. The fourth-order valence-corrected chi connectivity index (χ4v) is 6.17.